The van der Waals surface area contributed by atoms with E-state index in [1.807, 2.05) is 0 Å². The van der Waals surface area contributed by atoms with Crippen LogP contribution in [-0.4, -0.2) is 47.4 Å². The fourth-order valence-corrected chi connectivity index (χ4v) is 7.21. The molecule has 0 saturated heterocycles. The van der Waals surface area contributed by atoms with Crippen molar-refractivity contribution in [2.24, 2.45) is 0 Å². The van der Waals surface area contributed by atoms with Crippen molar-refractivity contribution < 1.29 is 24.5 Å². The summed E-state index contributed by atoms with van der Waals surface area (Å²) >= 11 is 0. The standard InChI is InChI=1S/C49H93NO5/c1-3-5-7-9-11-13-15-23-27-31-35-39-43-49(54)55-44-40-36-32-28-24-21-19-17-16-18-20-22-26-30-34-38-42-48(53)50-46(45-51)47(52)41-37-33-29-25-14-12-10-8-6-4-2/h11,13,16,18,46-47,51-52H,3-10,12,14-15,17,19-45H2,1-2H3,(H,50,53)/b13-11-,18-16-. The summed E-state index contributed by atoms with van der Waals surface area (Å²) in [6.07, 6.45) is 51.4. The molecule has 0 radical (unpaired) electrons. The Labute approximate surface area is 341 Å². The number of allylic oxidation sites excluding steroid dienone is 4. The molecule has 1 amide bonds. The van der Waals surface area contributed by atoms with Gasteiger partial charge in [-0.25, -0.2) is 0 Å². The molecule has 0 saturated carbocycles. The Hall–Kier alpha value is -1.66. The summed E-state index contributed by atoms with van der Waals surface area (Å²) in [5, 5.41) is 23.1. The highest BCUT2D eigenvalue weighted by atomic mass is 16.5. The molecule has 0 aromatic rings. The first-order valence-electron chi connectivity index (χ1n) is 24.1. The minimum Gasteiger partial charge on any atom is -0.466 e. The molecule has 6 heteroatoms. The monoisotopic (exact) mass is 776 g/mol. The first-order valence-corrected chi connectivity index (χ1v) is 24.1. The zero-order valence-electron chi connectivity index (χ0n) is 36.7. The molecular weight excluding hydrogens is 683 g/mol. The highest BCUT2D eigenvalue weighted by Gasteiger charge is 2.20. The van der Waals surface area contributed by atoms with Crippen molar-refractivity contribution in [3.8, 4) is 0 Å². The third kappa shape index (κ3) is 41.8. The van der Waals surface area contributed by atoms with Crippen molar-refractivity contribution in [1.82, 2.24) is 5.32 Å². The Morgan fingerprint density at radius 1 is 0.491 bits per heavy atom. The lowest BCUT2D eigenvalue weighted by atomic mass is 10.0. The summed E-state index contributed by atoms with van der Waals surface area (Å²) in [5.74, 6) is -0.0685. The van der Waals surface area contributed by atoms with Gasteiger partial charge in [-0.15, -0.1) is 0 Å². The van der Waals surface area contributed by atoms with Gasteiger partial charge in [0.1, 0.15) is 0 Å². The van der Waals surface area contributed by atoms with Gasteiger partial charge >= 0.3 is 5.97 Å². The first kappa shape index (κ1) is 53.3. The predicted octanol–water partition coefficient (Wildman–Crippen LogP) is 14.0. The van der Waals surface area contributed by atoms with Gasteiger partial charge in [-0.3, -0.25) is 9.59 Å². The van der Waals surface area contributed by atoms with Gasteiger partial charge in [0.2, 0.25) is 5.91 Å². The number of ether oxygens (including phenoxy) is 1. The van der Waals surface area contributed by atoms with Gasteiger partial charge in [0.15, 0.2) is 0 Å². The van der Waals surface area contributed by atoms with E-state index in [2.05, 4.69) is 43.5 Å². The molecule has 0 bridgehead atoms. The van der Waals surface area contributed by atoms with Crippen LogP contribution in [0.5, 0.6) is 0 Å². The van der Waals surface area contributed by atoms with Crippen LogP contribution >= 0.6 is 0 Å². The highest BCUT2D eigenvalue weighted by Crippen LogP contribution is 2.15. The normalized spacial score (nSPS) is 12.9. The summed E-state index contributed by atoms with van der Waals surface area (Å²) < 4.78 is 5.44. The van der Waals surface area contributed by atoms with Crippen LogP contribution in [0.3, 0.4) is 0 Å². The number of hydrogen-bond donors (Lipinski definition) is 3. The number of unbranched alkanes of at least 4 members (excludes halogenated alkanes) is 29. The lowest BCUT2D eigenvalue weighted by Crippen LogP contribution is -2.45. The molecule has 3 N–H and O–H groups in total. The van der Waals surface area contributed by atoms with E-state index < -0.39 is 12.1 Å². The van der Waals surface area contributed by atoms with E-state index in [-0.39, 0.29) is 18.5 Å². The molecule has 0 rings (SSSR count). The number of carbonyl (C=O) groups is 2. The quantitative estimate of drug-likeness (QED) is 0.0325. The molecule has 0 aliphatic heterocycles. The molecule has 0 aliphatic carbocycles. The minimum atomic E-state index is -0.672. The van der Waals surface area contributed by atoms with Gasteiger partial charge in [0, 0.05) is 12.8 Å². The van der Waals surface area contributed by atoms with E-state index in [0.717, 1.165) is 64.2 Å². The van der Waals surface area contributed by atoms with Gasteiger partial charge < -0.3 is 20.3 Å². The first-order chi connectivity index (χ1) is 27.0. The average Bonchev–Trinajstić information content (AvgIpc) is 3.18. The van der Waals surface area contributed by atoms with Crippen LogP contribution in [0.25, 0.3) is 0 Å². The Balaban J connectivity index is 3.47. The van der Waals surface area contributed by atoms with Crippen LogP contribution in [0.2, 0.25) is 0 Å². The lowest BCUT2D eigenvalue weighted by molar-refractivity contribution is -0.143. The van der Waals surface area contributed by atoms with Crippen LogP contribution in [0.4, 0.5) is 0 Å². The third-order valence-corrected chi connectivity index (χ3v) is 11.0. The molecule has 6 nitrogen and oxygen atoms in total. The number of aliphatic hydroxyl groups is 2. The van der Waals surface area contributed by atoms with Gasteiger partial charge in [-0.1, -0.05) is 186 Å². The SMILES string of the molecule is CCCCC/C=C\CCCCCCCC(=O)OCCCCCCCCC/C=C\CCCCCCCC(=O)NC(CO)C(O)CCCCCCCCCCCC. The third-order valence-electron chi connectivity index (χ3n) is 11.0. The number of rotatable bonds is 44. The minimum absolute atomic E-state index is 0.0137. The summed E-state index contributed by atoms with van der Waals surface area (Å²) in [6, 6.07) is -0.551. The van der Waals surface area contributed by atoms with Gasteiger partial charge in [0.05, 0.1) is 25.4 Å². The molecule has 2 unspecified atom stereocenters. The molecule has 0 aromatic heterocycles. The van der Waals surface area contributed by atoms with Crippen LogP contribution in [0.15, 0.2) is 24.3 Å². The largest absolute Gasteiger partial charge is 0.466 e. The molecule has 0 aliphatic rings. The molecular formula is C49H93NO5. The molecule has 0 spiro atoms. The van der Waals surface area contributed by atoms with E-state index in [0.29, 0.717) is 25.9 Å². The molecule has 0 aromatic carbocycles. The fraction of sp³-hybridized carbons (Fsp3) is 0.878. The van der Waals surface area contributed by atoms with E-state index in [4.69, 9.17) is 4.74 Å². The summed E-state index contributed by atoms with van der Waals surface area (Å²) in [4.78, 5) is 24.3. The Kier molecular flexibility index (Phi) is 43.7. The smallest absolute Gasteiger partial charge is 0.305 e. The second-order valence-corrected chi connectivity index (χ2v) is 16.4. The number of hydrogen-bond acceptors (Lipinski definition) is 5. The van der Waals surface area contributed by atoms with E-state index >= 15 is 0 Å². The van der Waals surface area contributed by atoms with Crippen molar-refractivity contribution in [1.29, 1.82) is 0 Å². The fourth-order valence-electron chi connectivity index (χ4n) is 7.21. The summed E-state index contributed by atoms with van der Waals surface area (Å²) in [7, 11) is 0. The van der Waals surface area contributed by atoms with Crippen molar-refractivity contribution in [2.75, 3.05) is 13.2 Å². The number of carbonyl (C=O) groups excluding carboxylic acids is 2. The molecule has 2 atom stereocenters. The maximum absolute atomic E-state index is 12.4. The van der Waals surface area contributed by atoms with Crippen LogP contribution in [0.1, 0.15) is 251 Å². The topological polar surface area (TPSA) is 95.9 Å². The second kappa shape index (κ2) is 45.0. The summed E-state index contributed by atoms with van der Waals surface area (Å²) in [5.41, 5.74) is 0. The van der Waals surface area contributed by atoms with Crippen molar-refractivity contribution >= 4 is 11.9 Å². The number of amides is 1. The number of nitrogens with one attached hydrogen (secondary N) is 1. The number of esters is 1. The van der Waals surface area contributed by atoms with Gasteiger partial charge in [-0.05, 0) is 77.0 Å². The van der Waals surface area contributed by atoms with Crippen LogP contribution in [-0.2, 0) is 14.3 Å². The Bertz CT molecular complexity index is 858. The maximum Gasteiger partial charge on any atom is 0.305 e. The van der Waals surface area contributed by atoms with E-state index in [9.17, 15) is 19.8 Å². The molecule has 55 heavy (non-hydrogen) atoms. The second-order valence-electron chi connectivity index (χ2n) is 16.4. The predicted molar refractivity (Wildman–Crippen MR) is 236 cm³/mol. The van der Waals surface area contributed by atoms with Crippen molar-refractivity contribution in [3.05, 3.63) is 24.3 Å². The maximum atomic E-state index is 12.4. The van der Waals surface area contributed by atoms with Crippen molar-refractivity contribution in [3.63, 3.8) is 0 Å². The van der Waals surface area contributed by atoms with E-state index in [1.54, 1.807) is 0 Å². The summed E-state index contributed by atoms with van der Waals surface area (Å²) in [6.45, 7) is 4.88. The highest BCUT2D eigenvalue weighted by molar-refractivity contribution is 5.76. The zero-order valence-corrected chi connectivity index (χ0v) is 36.7. The van der Waals surface area contributed by atoms with Gasteiger partial charge in [-0.2, -0.15) is 0 Å². The van der Waals surface area contributed by atoms with Crippen molar-refractivity contribution in [2.45, 2.75) is 264 Å². The lowest BCUT2D eigenvalue weighted by Gasteiger charge is -2.22. The van der Waals surface area contributed by atoms with E-state index in [1.165, 1.54) is 154 Å². The van der Waals surface area contributed by atoms with Crippen LogP contribution in [0, 0.1) is 0 Å². The van der Waals surface area contributed by atoms with Gasteiger partial charge in [0.25, 0.3) is 0 Å². The average molecular weight is 776 g/mol. The molecule has 0 fully saturated rings. The number of aliphatic hydroxyl groups excluding tert-OH is 2. The molecule has 0 heterocycles. The van der Waals surface area contributed by atoms with Crippen LogP contribution < -0.4 is 5.32 Å². The Morgan fingerprint density at radius 3 is 1.33 bits per heavy atom. The zero-order chi connectivity index (χ0) is 40.1. The Morgan fingerprint density at radius 2 is 0.855 bits per heavy atom. The molecule has 324 valence electrons.